The Morgan fingerprint density at radius 1 is 0.895 bits per heavy atom. The maximum Gasteiger partial charge on any atom is 0.0905 e. The molecule has 0 aliphatic rings. The fourth-order valence-corrected chi connectivity index (χ4v) is 0.589. The molecule has 1 aromatic rings. The fourth-order valence-electron chi connectivity index (χ4n) is 0.589. The maximum absolute atomic E-state index is 7.51. The Morgan fingerprint density at radius 3 is 1.42 bits per heavy atom. The van der Waals surface area contributed by atoms with Gasteiger partial charge in [-0.05, 0) is 5.56 Å². The summed E-state index contributed by atoms with van der Waals surface area (Å²) in [7, 11) is 0. The van der Waals surface area contributed by atoms with Gasteiger partial charge in [-0.2, -0.15) is 5.26 Å². The molecule has 0 saturated heterocycles. The van der Waals surface area contributed by atoms with Crippen LogP contribution in [0.15, 0.2) is 93.8 Å². The molecule has 19 heavy (non-hydrogen) atoms. The first-order chi connectivity index (χ1) is 9.17. The highest BCUT2D eigenvalue weighted by Gasteiger charge is 1.75. The van der Waals surface area contributed by atoms with Gasteiger partial charge in [-0.3, -0.25) is 0 Å². The number of nitrogens with zero attached hydrogens (tertiary/aromatic N) is 1. The van der Waals surface area contributed by atoms with E-state index in [0.29, 0.717) is 0 Å². The topological polar surface area (TPSA) is 23.8 Å². The SMILES string of the molecule is C=C=C.C=CC#N.C=CC=C.C=Cc1ccccc1. The molecule has 1 aromatic carbocycles. The molecule has 0 saturated carbocycles. The van der Waals surface area contributed by atoms with Crippen molar-refractivity contribution in [1.82, 2.24) is 0 Å². The summed E-state index contributed by atoms with van der Waals surface area (Å²) in [6, 6.07) is 11.7. The van der Waals surface area contributed by atoms with Gasteiger partial charge in [0.2, 0.25) is 0 Å². The largest absolute Gasteiger partial charge is 0.193 e. The first-order valence-corrected chi connectivity index (χ1v) is 5.39. The number of allylic oxidation sites excluding steroid dienone is 3. The third-order valence-corrected chi connectivity index (χ3v) is 1.29. The lowest BCUT2D eigenvalue weighted by atomic mass is 10.2. The van der Waals surface area contributed by atoms with Crippen LogP contribution in [0.3, 0.4) is 0 Å². The summed E-state index contributed by atoms with van der Waals surface area (Å²) in [5.74, 6) is 0. The minimum absolute atomic E-state index is 1.17. The van der Waals surface area contributed by atoms with Gasteiger partial charge in [-0.25, -0.2) is 0 Å². The molecule has 0 aromatic heterocycles. The fraction of sp³-hybridized carbons (Fsp3) is 0. The standard InChI is InChI=1S/C8H8.C4H6.C3H3N.C3H4/c1-2-8-6-4-3-5-7-8;1-3-4-2;1-2-3-4;1-3-2/h2-7H,1H2;3-4H,1-2H2;2H,1H2;1-2H2. The van der Waals surface area contributed by atoms with Gasteiger partial charge >= 0.3 is 0 Å². The lowest BCUT2D eigenvalue weighted by Gasteiger charge is -1.85. The molecule has 0 fully saturated rings. The summed E-state index contributed by atoms with van der Waals surface area (Å²) in [5, 5.41) is 7.51. The second kappa shape index (κ2) is 24.4. The smallest absolute Gasteiger partial charge is 0.0905 e. The van der Waals surface area contributed by atoms with Crippen LogP contribution in [-0.4, -0.2) is 0 Å². The van der Waals surface area contributed by atoms with Gasteiger partial charge in [0.15, 0.2) is 0 Å². The van der Waals surface area contributed by atoms with E-state index in [1.807, 2.05) is 36.4 Å². The minimum atomic E-state index is 1.17. The average Bonchev–Trinajstić information content (AvgIpc) is 2.49. The molecule has 0 N–H and O–H groups in total. The van der Waals surface area contributed by atoms with Crippen LogP contribution in [0, 0.1) is 11.3 Å². The van der Waals surface area contributed by atoms with Crippen LogP contribution < -0.4 is 0 Å². The number of hydrogen-bond acceptors (Lipinski definition) is 1. The molecule has 0 heterocycles. The highest BCUT2D eigenvalue weighted by Crippen LogP contribution is 1.97. The Labute approximate surface area is 117 Å². The number of nitriles is 1. The molecule has 0 bridgehead atoms. The van der Waals surface area contributed by atoms with Crippen LogP contribution in [0.25, 0.3) is 6.08 Å². The zero-order valence-electron chi connectivity index (χ0n) is 11.4. The molecule has 0 aliphatic heterocycles. The van der Waals surface area contributed by atoms with Crippen LogP contribution in [-0.2, 0) is 0 Å². The lowest BCUT2D eigenvalue weighted by molar-refractivity contribution is 1.54. The van der Waals surface area contributed by atoms with Gasteiger partial charge in [0.1, 0.15) is 0 Å². The first-order valence-electron chi connectivity index (χ1n) is 5.39. The van der Waals surface area contributed by atoms with Gasteiger partial charge in [0.25, 0.3) is 0 Å². The molecule has 98 valence electrons. The van der Waals surface area contributed by atoms with Gasteiger partial charge in [0.05, 0.1) is 6.07 Å². The van der Waals surface area contributed by atoms with Crippen LogP contribution in [0.1, 0.15) is 5.56 Å². The van der Waals surface area contributed by atoms with Crippen molar-refractivity contribution in [2.75, 3.05) is 0 Å². The monoisotopic (exact) mass is 251 g/mol. The summed E-state index contributed by atoms with van der Waals surface area (Å²) in [4.78, 5) is 0. The van der Waals surface area contributed by atoms with E-state index in [9.17, 15) is 0 Å². The van der Waals surface area contributed by atoms with Crippen molar-refractivity contribution in [3.05, 3.63) is 99.3 Å². The second-order valence-electron chi connectivity index (χ2n) is 2.67. The van der Waals surface area contributed by atoms with Crippen molar-refractivity contribution in [3.63, 3.8) is 0 Å². The minimum Gasteiger partial charge on any atom is -0.193 e. The summed E-state index contributed by atoms with van der Waals surface area (Å²) >= 11 is 0. The van der Waals surface area contributed by atoms with Crippen LogP contribution in [0.2, 0.25) is 0 Å². The van der Waals surface area contributed by atoms with Crippen LogP contribution in [0.4, 0.5) is 0 Å². The summed E-state index contributed by atoms with van der Waals surface area (Å²) in [5.41, 5.74) is 3.42. The summed E-state index contributed by atoms with van der Waals surface area (Å²) in [6.07, 6.45) is 6.29. The van der Waals surface area contributed by atoms with Gasteiger partial charge < -0.3 is 0 Å². The highest BCUT2D eigenvalue weighted by molar-refractivity contribution is 5.45. The third kappa shape index (κ3) is 31.3. The van der Waals surface area contributed by atoms with Crippen molar-refractivity contribution >= 4 is 6.08 Å². The molecule has 1 rings (SSSR count). The van der Waals surface area contributed by atoms with Crippen molar-refractivity contribution in [1.29, 1.82) is 5.26 Å². The van der Waals surface area contributed by atoms with Crippen molar-refractivity contribution in [2.45, 2.75) is 0 Å². The van der Waals surface area contributed by atoms with Crippen LogP contribution in [0.5, 0.6) is 0 Å². The van der Waals surface area contributed by atoms with Gasteiger partial charge in [0, 0.05) is 6.08 Å². The van der Waals surface area contributed by atoms with Crippen molar-refractivity contribution in [2.24, 2.45) is 0 Å². The Morgan fingerprint density at radius 2 is 1.26 bits per heavy atom. The predicted octanol–water partition coefficient (Wildman–Crippen LogP) is 5.34. The summed E-state index contributed by atoms with van der Waals surface area (Å²) < 4.78 is 0. The van der Waals surface area contributed by atoms with E-state index in [1.54, 1.807) is 18.2 Å². The van der Waals surface area contributed by atoms with E-state index < -0.39 is 0 Å². The Balaban J connectivity index is -0.000000200. The first kappa shape index (κ1) is 21.5. The number of benzene rings is 1. The molecule has 0 radical (unpaired) electrons. The number of rotatable bonds is 2. The lowest BCUT2D eigenvalue weighted by Crippen LogP contribution is -1.63. The van der Waals surface area contributed by atoms with Crippen molar-refractivity contribution < 1.29 is 0 Å². The Kier molecular flexibility index (Phi) is 27.6. The molecule has 0 amide bonds. The van der Waals surface area contributed by atoms with E-state index in [-0.39, 0.29) is 0 Å². The molecular formula is C18H21N. The molecule has 0 atom stereocenters. The van der Waals surface area contributed by atoms with E-state index in [4.69, 9.17) is 5.26 Å². The number of hydrogen-bond donors (Lipinski definition) is 0. The maximum atomic E-state index is 7.51. The molecule has 1 heteroatoms. The van der Waals surface area contributed by atoms with E-state index >= 15 is 0 Å². The third-order valence-electron chi connectivity index (χ3n) is 1.29. The molecular weight excluding hydrogens is 230 g/mol. The highest BCUT2D eigenvalue weighted by atomic mass is 14.2. The van der Waals surface area contributed by atoms with E-state index in [0.717, 1.165) is 0 Å². The molecule has 0 aliphatic carbocycles. The molecule has 0 spiro atoms. The second-order valence-corrected chi connectivity index (χ2v) is 2.67. The molecule has 0 unspecified atom stereocenters. The van der Waals surface area contributed by atoms with E-state index in [1.165, 1.54) is 11.6 Å². The van der Waals surface area contributed by atoms with Gasteiger partial charge in [-0.1, -0.05) is 88.0 Å². The normalized spacial score (nSPS) is 5.84. The van der Waals surface area contributed by atoms with Crippen molar-refractivity contribution in [3.8, 4) is 6.07 Å². The Hall–Kier alpha value is -2.81. The van der Waals surface area contributed by atoms with E-state index in [2.05, 4.69) is 45.2 Å². The zero-order chi connectivity index (χ0) is 15.4. The predicted molar refractivity (Wildman–Crippen MR) is 87.5 cm³/mol. The Bertz CT molecular complexity index is 407. The van der Waals surface area contributed by atoms with Gasteiger partial charge in [-0.15, -0.1) is 5.73 Å². The summed E-state index contributed by atoms with van der Waals surface area (Å²) in [6.45, 7) is 19.7. The average molecular weight is 251 g/mol. The van der Waals surface area contributed by atoms with Crippen LogP contribution >= 0.6 is 0 Å². The molecule has 1 nitrogen and oxygen atoms in total. The quantitative estimate of drug-likeness (QED) is 0.395. The zero-order valence-corrected chi connectivity index (χ0v) is 11.4.